The molecule has 0 unspecified atom stereocenters. The molecule has 0 radical (unpaired) electrons. The van der Waals surface area contributed by atoms with Crippen molar-refractivity contribution in [2.45, 2.75) is 44.7 Å². The van der Waals surface area contributed by atoms with Crippen molar-refractivity contribution in [3.8, 4) is 0 Å². The predicted molar refractivity (Wildman–Crippen MR) is 54.5 cm³/mol. The Balaban J connectivity index is 1.84. The van der Waals surface area contributed by atoms with Gasteiger partial charge in [0.25, 0.3) is 0 Å². The van der Waals surface area contributed by atoms with E-state index in [1.54, 1.807) is 0 Å². The lowest BCUT2D eigenvalue weighted by Crippen LogP contribution is -2.42. The highest BCUT2D eigenvalue weighted by Gasteiger charge is 2.45. The third-order valence-corrected chi connectivity index (χ3v) is 3.14. The Morgan fingerprint density at radius 3 is 3.07 bits per heavy atom. The number of hydrogen-bond acceptors (Lipinski definition) is 4. The first-order chi connectivity index (χ1) is 7.33. The van der Waals surface area contributed by atoms with Gasteiger partial charge in [-0.3, -0.25) is 0 Å². The lowest BCUT2D eigenvalue weighted by Gasteiger charge is -2.31. The summed E-state index contributed by atoms with van der Waals surface area (Å²) >= 11 is 0. The van der Waals surface area contributed by atoms with Gasteiger partial charge in [-0.15, -0.1) is 0 Å². The van der Waals surface area contributed by atoms with Crippen LogP contribution in [0.4, 0.5) is 0 Å². The van der Waals surface area contributed by atoms with Crippen LogP contribution in [0.1, 0.15) is 26.2 Å². The molecule has 2 heterocycles. The van der Waals surface area contributed by atoms with Crippen LogP contribution >= 0.6 is 0 Å². The molecule has 2 fully saturated rings. The van der Waals surface area contributed by atoms with E-state index >= 15 is 0 Å². The summed E-state index contributed by atoms with van der Waals surface area (Å²) in [5.41, 5.74) is 0. The fourth-order valence-corrected chi connectivity index (χ4v) is 2.21. The number of hydrogen-bond donors (Lipinski definition) is 1. The average Bonchev–Trinajstić information content (AvgIpc) is 2.63. The van der Waals surface area contributed by atoms with Crippen molar-refractivity contribution in [3.05, 3.63) is 0 Å². The van der Waals surface area contributed by atoms with E-state index in [-0.39, 0.29) is 24.4 Å². The largest absolute Gasteiger partial charge is 0.392 e. The second kappa shape index (κ2) is 5.25. The zero-order valence-electron chi connectivity index (χ0n) is 9.22. The maximum atomic E-state index is 9.87. The summed E-state index contributed by atoms with van der Waals surface area (Å²) in [6.45, 7) is 4.02. The van der Waals surface area contributed by atoms with E-state index in [1.165, 1.54) is 0 Å². The van der Waals surface area contributed by atoms with Gasteiger partial charge in [-0.1, -0.05) is 13.3 Å². The first-order valence-corrected chi connectivity index (χ1v) is 5.85. The van der Waals surface area contributed by atoms with Crippen LogP contribution in [-0.4, -0.2) is 43.4 Å². The van der Waals surface area contributed by atoms with Gasteiger partial charge in [0.2, 0.25) is 0 Å². The zero-order valence-corrected chi connectivity index (χ0v) is 9.22. The summed E-state index contributed by atoms with van der Waals surface area (Å²) in [6, 6.07) is 0. The van der Waals surface area contributed by atoms with Crippen molar-refractivity contribution in [1.29, 1.82) is 0 Å². The molecule has 88 valence electrons. The van der Waals surface area contributed by atoms with Gasteiger partial charge in [-0.05, 0) is 12.8 Å². The van der Waals surface area contributed by atoms with E-state index in [1.807, 2.05) is 0 Å². The number of aliphatic hydroxyl groups is 1. The fraction of sp³-hybridized carbons (Fsp3) is 1.00. The van der Waals surface area contributed by atoms with E-state index in [2.05, 4.69) is 6.92 Å². The Labute approximate surface area is 90.5 Å². The first-order valence-electron chi connectivity index (χ1n) is 5.85. The molecule has 0 saturated carbocycles. The number of aliphatic hydroxyl groups excluding tert-OH is 1. The number of ether oxygens (including phenoxy) is 3. The molecule has 0 aromatic rings. The lowest BCUT2D eigenvalue weighted by molar-refractivity contribution is -0.185. The van der Waals surface area contributed by atoms with Gasteiger partial charge in [0.05, 0.1) is 31.3 Å². The second-order valence-corrected chi connectivity index (χ2v) is 4.27. The van der Waals surface area contributed by atoms with Gasteiger partial charge in [0.15, 0.2) is 6.29 Å². The van der Waals surface area contributed by atoms with Crippen LogP contribution in [0, 0.1) is 5.92 Å². The molecule has 0 spiro atoms. The summed E-state index contributed by atoms with van der Waals surface area (Å²) < 4.78 is 16.6. The monoisotopic (exact) mass is 216 g/mol. The SMILES string of the molecule is CCCCO[C@H]1CO[C@@H]2OCC[C@H](O)[C@@H]21. The molecule has 0 aliphatic carbocycles. The predicted octanol–water partition coefficient (Wildman–Crippen LogP) is 0.925. The van der Waals surface area contributed by atoms with E-state index in [9.17, 15) is 5.11 Å². The molecule has 15 heavy (non-hydrogen) atoms. The molecule has 0 bridgehead atoms. The summed E-state index contributed by atoms with van der Waals surface area (Å²) in [5, 5.41) is 9.87. The van der Waals surface area contributed by atoms with Gasteiger partial charge >= 0.3 is 0 Å². The van der Waals surface area contributed by atoms with Gasteiger partial charge in [-0.25, -0.2) is 0 Å². The Morgan fingerprint density at radius 1 is 1.40 bits per heavy atom. The normalized spacial score (nSPS) is 40.4. The zero-order chi connectivity index (χ0) is 10.7. The molecule has 2 rings (SSSR count). The van der Waals surface area contributed by atoms with Gasteiger partial charge < -0.3 is 19.3 Å². The molecule has 1 N–H and O–H groups in total. The van der Waals surface area contributed by atoms with Gasteiger partial charge in [-0.2, -0.15) is 0 Å². The third kappa shape index (κ3) is 2.50. The molecule has 2 saturated heterocycles. The highest BCUT2D eigenvalue weighted by molar-refractivity contribution is 4.88. The lowest BCUT2D eigenvalue weighted by atomic mass is 9.93. The van der Waals surface area contributed by atoms with Crippen LogP contribution in [0.25, 0.3) is 0 Å². The van der Waals surface area contributed by atoms with Crippen molar-refractivity contribution in [1.82, 2.24) is 0 Å². The van der Waals surface area contributed by atoms with Gasteiger partial charge in [0, 0.05) is 6.61 Å². The average molecular weight is 216 g/mol. The van der Waals surface area contributed by atoms with Crippen LogP contribution in [0.2, 0.25) is 0 Å². The molecule has 0 aromatic heterocycles. The van der Waals surface area contributed by atoms with E-state index in [0.29, 0.717) is 19.6 Å². The van der Waals surface area contributed by atoms with Crippen LogP contribution < -0.4 is 0 Å². The number of rotatable bonds is 4. The van der Waals surface area contributed by atoms with Crippen molar-refractivity contribution < 1.29 is 19.3 Å². The Morgan fingerprint density at radius 2 is 2.27 bits per heavy atom. The Bertz CT molecular complexity index is 197. The Hall–Kier alpha value is -0.160. The highest BCUT2D eigenvalue weighted by Crippen LogP contribution is 2.32. The van der Waals surface area contributed by atoms with Crippen LogP contribution in [0.3, 0.4) is 0 Å². The molecule has 4 atom stereocenters. The van der Waals surface area contributed by atoms with E-state index in [0.717, 1.165) is 19.4 Å². The molecule has 4 heteroatoms. The second-order valence-electron chi connectivity index (χ2n) is 4.27. The maximum absolute atomic E-state index is 9.87. The first kappa shape index (κ1) is 11.3. The van der Waals surface area contributed by atoms with Crippen LogP contribution in [-0.2, 0) is 14.2 Å². The summed E-state index contributed by atoms with van der Waals surface area (Å²) in [4.78, 5) is 0. The van der Waals surface area contributed by atoms with Crippen LogP contribution in [0.5, 0.6) is 0 Å². The highest BCUT2D eigenvalue weighted by atomic mass is 16.7. The van der Waals surface area contributed by atoms with Gasteiger partial charge in [0.1, 0.15) is 0 Å². The summed E-state index contributed by atoms with van der Waals surface area (Å²) in [7, 11) is 0. The molecule has 2 aliphatic rings. The van der Waals surface area contributed by atoms with Crippen molar-refractivity contribution in [2.24, 2.45) is 5.92 Å². The Kier molecular flexibility index (Phi) is 3.97. The van der Waals surface area contributed by atoms with Crippen molar-refractivity contribution >= 4 is 0 Å². The van der Waals surface area contributed by atoms with Crippen molar-refractivity contribution in [2.75, 3.05) is 19.8 Å². The summed E-state index contributed by atoms with van der Waals surface area (Å²) in [5.74, 6) is 0.00982. The maximum Gasteiger partial charge on any atom is 0.165 e. The number of fused-ring (bicyclic) bond motifs is 1. The minimum absolute atomic E-state index is 0.00982. The molecule has 0 aromatic carbocycles. The third-order valence-electron chi connectivity index (χ3n) is 3.14. The van der Waals surface area contributed by atoms with Crippen LogP contribution in [0.15, 0.2) is 0 Å². The topological polar surface area (TPSA) is 47.9 Å². The number of unbranched alkanes of at least 4 members (excludes halogenated alkanes) is 1. The molecule has 4 nitrogen and oxygen atoms in total. The van der Waals surface area contributed by atoms with E-state index in [4.69, 9.17) is 14.2 Å². The summed E-state index contributed by atoms with van der Waals surface area (Å²) in [6.07, 6.45) is 2.30. The quantitative estimate of drug-likeness (QED) is 0.710. The molecule has 0 amide bonds. The minimum atomic E-state index is -0.335. The molecular formula is C11H20O4. The van der Waals surface area contributed by atoms with E-state index < -0.39 is 0 Å². The fourth-order valence-electron chi connectivity index (χ4n) is 2.21. The van der Waals surface area contributed by atoms with Crippen molar-refractivity contribution in [3.63, 3.8) is 0 Å². The molecular weight excluding hydrogens is 196 g/mol. The minimum Gasteiger partial charge on any atom is -0.392 e. The standard InChI is InChI=1S/C11H20O4/c1-2-3-5-13-9-7-15-11-10(9)8(12)4-6-14-11/h8-12H,2-7H2,1H3/t8-,9-,10+,11-/m0/s1. The molecule has 2 aliphatic heterocycles. The smallest absolute Gasteiger partial charge is 0.165 e.